The van der Waals surface area contributed by atoms with Crippen LogP contribution in [-0.4, -0.2) is 43.8 Å². The maximum atomic E-state index is 13.6. The van der Waals surface area contributed by atoms with Crippen LogP contribution >= 0.6 is 0 Å². The lowest BCUT2D eigenvalue weighted by Crippen LogP contribution is -2.43. The third-order valence-electron chi connectivity index (χ3n) is 7.21. The summed E-state index contributed by atoms with van der Waals surface area (Å²) in [6.07, 6.45) is 6.51. The lowest BCUT2D eigenvalue weighted by atomic mass is 10.0. The molecule has 1 saturated carbocycles. The first-order chi connectivity index (χ1) is 17.5. The molecule has 2 amide bonds. The van der Waals surface area contributed by atoms with Crippen LogP contribution in [0.25, 0.3) is 16.9 Å². The van der Waals surface area contributed by atoms with Crippen molar-refractivity contribution in [1.29, 1.82) is 0 Å². The van der Waals surface area contributed by atoms with E-state index in [1.165, 1.54) is 0 Å². The van der Waals surface area contributed by atoms with Crippen LogP contribution in [0.5, 0.6) is 0 Å². The van der Waals surface area contributed by atoms with Crippen molar-refractivity contribution in [3.8, 4) is 16.9 Å². The van der Waals surface area contributed by atoms with E-state index in [1.807, 2.05) is 84.4 Å². The van der Waals surface area contributed by atoms with E-state index in [-0.39, 0.29) is 17.2 Å². The normalized spacial score (nSPS) is 17.8. The van der Waals surface area contributed by atoms with Crippen molar-refractivity contribution in [3.05, 3.63) is 96.7 Å². The largest absolute Gasteiger partial charge is 0.325 e. The van der Waals surface area contributed by atoms with Crippen LogP contribution in [0.3, 0.4) is 0 Å². The molecule has 36 heavy (non-hydrogen) atoms. The van der Waals surface area contributed by atoms with Gasteiger partial charge in [-0.05, 0) is 68.0 Å². The molecular weight excluding hydrogens is 450 g/mol. The second-order valence-electron chi connectivity index (χ2n) is 9.89. The summed E-state index contributed by atoms with van der Waals surface area (Å²) in [5.74, 6) is -0.347. The number of nitrogens with one attached hydrogen (secondary N) is 1. The molecule has 7 heteroatoms. The summed E-state index contributed by atoms with van der Waals surface area (Å²) in [4.78, 5) is 37.6. The Bertz CT molecular complexity index is 1420. The summed E-state index contributed by atoms with van der Waals surface area (Å²) in [7, 11) is 0. The van der Waals surface area contributed by atoms with E-state index in [4.69, 9.17) is 0 Å². The third kappa shape index (κ3) is 4.28. The monoisotopic (exact) mass is 477 g/mol. The van der Waals surface area contributed by atoms with Crippen LogP contribution < -0.4 is 5.32 Å². The Morgan fingerprint density at radius 2 is 1.75 bits per heavy atom. The second-order valence-corrected chi connectivity index (χ2v) is 9.89. The highest BCUT2D eigenvalue weighted by Crippen LogP contribution is 2.55. The summed E-state index contributed by atoms with van der Waals surface area (Å²) in [6.45, 7) is 2.54. The van der Waals surface area contributed by atoms with Gasteiger partial charge in [-0.2, -0.15) is 0 Å². The van der Waals surface area contributed by atoms with E-state index < -0.39 is 6.04 Å². The van der Waals surface area contributed by atoms with Crippen molar-refractivity contribution < 1.29 is 9.59 Å². The van der Waals surface area contributed by atoms with E-state index in [0.29, 0.717) is 24.3 Å². The molecule has 1 N–H and O–H groups in total. The van der Waals surface area contributed by atoms with Gasteiger partial charge in [0.1, 0.15) is 11.7 Å². The van der Waals surface area contributed by atoms with Crippen LogP contribution in [0.4, 0.5) is 5.69 Å². The van der Waals surface area contributed by atoms with Gasteiger partial charge in [-0.3, -0.25) is 9.59 Å². The zero-order valence-corrected chi connectivity index (χ0v) is 20.1. The minimum absolute atomic E-state index is 0.0673. The van der Waals surface area contributed by atoms with Crippen molar-refractivity contribution >= 4 is 17.5 Å². The van der Waals surface area contributed by atoms with Crippen molar-refractivity contribution in [2.24, 2.45) is 5.41 Å². The van der Waals surface area contributed by atoms with E-state index in [0.717, 1.165) is 35.5 Å². The fourth-order valence-corrected chi connectivity index (χ4v) is 5.02. The van der Waals surface area contributed by atoms with Gasteiger partial charge in [0.2, 0.25) is 5.91 Å². The average Bonchev–Trinajstić information content (AvgIpc) is 3.34. The number of aryl methyl sites for hydroxylation is 1. The Hall–Kier alpha value is -4.26. The van der Waals surface area contributed by atoms with E-state index in [2.05, 4.69) is 15.3 Å². The number of amides is 2. The highest BCUT2D eigenvalue weighted by Gasteiger charge is 2.55. The zero-order chi connectivity index (χ0) is 24.7. The molecule has 2 fully saturated rings. The molecule has 1 saturated heterocycles. The average molecular weight is 478 g/mol. The van der Waals surface area contributed by atoms with Gasteiger partial charge in [0.15, 0.2) is 0 Å². The molecule has 0 unspecified atom stereocenters. The Labute approximate surface area is 209 Å². The number of pyridine rings is 1. The van der Waals surface area contributed by atoms with Gasteiger partial charge in [0.25, 0.3) is 5.91 Å². The van der Waals surface area contributed by atoms with Crippen LogP contribution in [0.15, 0.2) is 85.3 Å². The highest BCUT2D eigenvalue weighted by atomic mass is 16.2. The molecule has 7 nitrogen and oxygen atoms in total. The molecule has 1 aliphatic heterocycles. The van der Waals surface area contributed by atoms with Crippen LogP contribution in [-0.2, 0) is 4.79 Å². The summed E-state index contributed by atoms with van der Waals surface area (Å²) >= 11 is 0. The molecule has 0 radical (unpaired) electrons. The molecule has 4 aromatic rings. The highest BCUT2D eigenvalue weighted by molar-refractivity contribution is 6.01. The smallest absolute Gasteiger partial charge is 0.273 e. The molecule has 1 spiro atoms. The lowest BCUT2D eigenvalue weighted by molar-refractivity contribution is -0.119. The molecule has 180 valence electrons. The van der Waals surface area contributed by atoms with Crippen molar-refractivity contribution in [3.63, 3.8) is 0 Å². The first kappa shape index (κ1) is 22.2. The number of carbonyl (C=O) groups excluding carboxylic acids is 2. The van der Waals surface area contributed by atoms with Crippen molar-refractivity contribution in [1.82, 2.24) is 19.4 Å². The minimum Gasteiger partial charge on any atom is -0.325 e. The summed E-state index contributed by atoms with van der Waals surface area (Å²) < 4.78 is 1.94. The summed E-state index contributed by atoms with van der Waals surface area (Å²) in [5, 5.41) is 3.03. The topological polar surface area (TPSA) is 80.1 Å². The maximum absolute atomic E-state index is 13.6. The molecule has 3 heterocycles. The quantitative estimate of drug-likeness (QED) is 0.444. The SMILES string of the molecule is Cc1cn(-c2ccc(NC(=O)[C@@H]3CC4(CC4)CN3C(=O)c3cccc(-c4ccccc4)n3)cc2)cn1. The number of likely N-dealkylation sites (tertiary alicyclic amines) is 1. The number of nitrogens with zero attached hydrogens (tertiary/aromatic N) is 4. The lowest BCUT2D eigenvalue weighted by Gasteiger charge is -2.24. The second kappa shape index (κ2) is 8.75. The number of hydrogen-bond donors (Lipinski definition) is 1. The van der Waals surface area contributed by atoms with Gasteiger partial charge < -0.3 is 14.8 Å². The number of anilines is 1. The van der Waals surface area contributed by atoms with E-state index in [9.17, 15) is 9.59 Å². The molecule has 6 rings (SSSR count). The molecule has 2 aromatic heterocycles. The fourth-order valence-electron chi connectivity index (χ4n) is 5.02. The standard InChI is InChI=1S/C29H27N5O2/c1-20-17-33(19-30-20)23-12-10-22(11-13-23)31-27(35)26-16-29(14-15-29)18-34(26)28(36)25-9-5-8-24(32-25)21-6-3-2-4-7-21/h2-13,17,19,26H,14-16,18H2,1H3,(H,31,35)/t26-/m0/s1. The van der Waals surface area contributed by atoms with Crippen LogP contribution in [0, 0.1) is 12.3 Å². The van der Waals surface area contributed by atoms with Gasteiger partial charge >= 0.3 is 0 Å². The molecule has 1 atom stereocenters. The number of hydrogen-bond acceptors (Lipinski definition) is 4. The van der Waals surface area contributed by atoms with Crippen LogP contribution in [0.2, 0.25) is 0 Å². The Balaban J connectivity index is 1.21. The Morgan fingerprint density at radius 1 is 0.972 bits per heavy atom. The van der Waals surface area contributed by atoms with Gasteiger partial charge in [0.05, 0.1) is 17.7 Å². The number of rotatable bonds is 5. The number of carbonyl (C=O) groups is 2. The number of imidazole rings is 1. The molecular formula is C29H27N5O2. The summed E-state index contributed by atoms with van der Waals surface area (Å²) in [6, 6.07) is 22.4. The molecule has 2 aromatic carbocycles. The van der Waals surface area contributed by atoms with E-state index in [1.54, 1.807) is 17.3 Å². The number of aromatic nitrogens is 3. The van der Waals surface area contributed by atoms with Gasteiger partial charge in [-0.1, -0.05) is 36.4 Å². The van der Waals surface area contributed by atoms with Crippen molar-refractivity contribution in [2.45, 2.75) is 32.2 Å². The third-order valence-corrected chi connectivity index (χ3v) is 7.21. The molecule has 1 aliphatic carbocycles. The van der Waals surface area contributed by atoms with Crippen LogP contribution in [0.1, 0.15) is 35.4 Å². The maximum Gasteiger partial charge on any atom is 0.273 e. The summed E-state index contributed by atoms with van der Waals surface area (Å²) in [5.41, 5.74) is 4.74. The van der Waals surface area contributed by atoms with Crippen molar-refractivity contribution in [2.75, 3.05) is 11.9 Å². The Kier molecular flexibility index (Phi) is 5.40. The van der Waals surface area contributed by atoms with Gasteiger partial charge in [0, 0.05) is 29.7 Å². The molecule has 2 aliphatic rings. The van der Waals surface area contributed by atoms with Gasteiger partial charge in [-0.25, -0.2) is 9.97 Å². The first-order valence-corrected chi connectivity index (χ1v) is 12.3. The minimum atomic E-state index is -0.516. The van der Waals surface area contributed by atoms with E-state index >= 15 is 0 Å². The predicted molar refractivity (Wildman–Crippen MR) is 138 cm³/mol. The fraction of sp³-hybridized carbons (Fsp3) is 0.241. The Morgan fingerprint density at radius 3 is 2.44 bits per heavy atom. The predicted octanol–water partition coefficient (Wildman–Crippen LogP) is 4.88. The number of benzene rings is 2. The molecule has 0 bridgehead atoms. The van der Waals surface area contributed by atoms with Gasteiger partial charge in [-0.15, -0.1) is 0 Å². The first-order valence-electron chi connectivity index (χ1n) is 12.3. The zero-order valence-electron chi connectivity index (χ0n) is 20.1.